The zero-order valence-corrected chi connectivity index (χ0v) is 9.55. The molecule has 0 unspecified atom stereocenters. The van der Waals surface area contributed by atoms with Crippen LogP contribution in [-0.4, -0.2) is 4.57 Å². The van der Waals surface area contributed by atoms with Crippen molar-refractivity contribution in [3.63, 3.8) is 0 Å². The lowest BCUT2D eigenvalue weighted by Gasteiger charge is -2.01. The minimum Gasteiger partial charge on any atom is -0.344 e. The fourth-order valence-electron chi connectivity index (χ4n) is 2.21. The van der Waals surface area contributed by atoms with Crippen molar-refractivity contribution in [2.24, 2.45) is 7.05 Å². The average Bonchev–Trinajstić information content (AvgIpc) is 2.87. The van der Waals surface area contributed by atoms with Crippen molar-refractivity contribution in [2.75, 3.05) is 0 Å². The zero-order valence-electron chi connectivity index (χ0n) is 8.73. The van der Waals surface area contributed by atoms with Crippen LogP contribution in [0.4, 0.5) is 0 Å². The Morgan fingerprint density at radius 2 is 2.13 bits per heavy atom. The summed E-state index contributed by atoms with van der Waals surface area (Å²) in [6, 6.07) is 4.48. The van der Waals surface area contributed by atoms with E-state index < -0.39 is 0 Å². The monoisotopic (exact) mass is 215 g/mol. The Hall–Kier alpha value is -1.28. The summed E-state index contributed by atoms with van der Waals surface area (Å²) in [5, 5.41) is 7.11. The van der Waals surface area contributed by atoms with Crippen LogP contribution >= 0.6 is 11.3 Å². The van der Waals surface area contributed by atoms with E-state index in [9.17, 15) is 0 Å². The summed E-state index contributed by atoms with van der Waals surface area (Å²) in [5.41, 5.74) is 2.66. The van der Waals surface area contributed by atoms with Crippen molar-refractivity contribution in [3.8, 4) is 11.3 Å². The van der Waals surface area contributed by atoms with Crippen LogP contribution in [0, 0.1) is 0 Å². The van der Waals surface area contributed by atoms with Gasteiger partial charge in [0.25, 0.3) is 0 Å². The lowest BCUT2D eigenvalue weighted by molar-refractivity contribution is 0.886. The molecule has 1 aliphatic rings. The predicted octanol–water partition coefficient (Wildman–Crippen LogP) is 2.11. The van der Waals surface area contributed by atoms with E-state index in [-0.39, 0.29) is 0 Å². The normalized spacial score (nSPS) is 14.2. The first kappa shape index (κ1) is 8.98. The quantitative estimate of drug-likeness (QED) is 0.686. The van der Waals surface area contributed by atoms with Gasteiger partial charge in [0.2, 0.25) is 0 Å². The number of hydrogen-bond acceptors (Lipinski definition) is 1. The van der Waals surface area contributed by atoms with Crippen molar-refractivity contribution in [1.82, 2.24) is 4.57 Å². The SMILES string of the molecule is Cn1c(-c2ccsc2)cc2c1=CCCC=2. The van der Waals surface area contributed by atoms with Crippen molar-refractivity contribution in [2.45, 2.75) is 12.8 Å². The molecule has 0 saturated carbocycles. The van der Waals surface area contributed by atoms with Gasteiger partial charge in [0.15, 0.2) is 0 Å². The Kier molecular flexibility index (Phi) is 2.03. The third kappa shape index (κ3) is 1.37. The second kappa shape index (κ2) is 3.38. The molecule has 0 radical (unpaired) electrons. The van der Waals surface area contributed by atoms with Crippen LogP contribution in [0.5, 0.6) is 0 Å². The minimum atomic E-state index is 1.17. The van der Waals surface area contributed by atoms with Gasteiger partial charge >= 0.3 is 0 Å². The number of aromatic nitrogens is 1. The van der Waals surface area contributed by atoms with Gasteiger partial charge in [-0.2, -0.15) is 11.3 Å². The van der Waals surface area contributed by atoms with E-state index in [1.165, 1.54) is 34.7 Å². The Morgan fingerprint density at radius 3 is 2.87 bits per heavy atom. The highest BCUT2D eigenvalue weighted by atomic mass is 32.1. The molecule has 0 spiro atoms. The van der Waals surface area contributed by atoms with Crippen molar-refractivity contribution < 1.29 is 0 Å². The van der Waals surface area contributed by atoms with Crippen LogP contribution in [-0.2, 0) is 7.05 Å². The second-order valence-electron chi connectivity index (χ2n) is 3.93. The van der Waals surface area contributed by atoms with E-state index >= 15 is 0 Å². The average molecular weight is 215 g/mol. The zero-order chi connectivity index (χ0) is 10.3. The molecular formula is C13H13NS. The third-order valence-electron chi connectivity index (χ3n) is 3.00. The van der Waals surface area contributed by atoms with Crippen LogP contribution in [0.15, 0.2) is 22.9 Å². The molecule has 15 heavy (non-hydrogen) atoms. The molecule has 0 N–H and O–H groups in total. The first-order valence-corrected chi connectivity index (χ1v) is 6.19. The molecule has 2 aromatic heterocycles. The number of rotatable bonds is 1. The van der Waals surface area contributed by atoms with Gasteiger partial charge in [0, 0.05) is 29.0 Å². The maximum Gasteiger partial charge on any atom is 0.0496 e. The van der Waals surface area contributed by atoms with Gasteiger partial charge in [-0.3, -0.25) is 0 Å². The summed E-state index contributed by atoms with van der Waals surface area (Å²) >= 11 is 1.76. The molecule has 2 heterocycles. The Balaban J connectivity index is 2.32. The lowest BCUT2D eigenvalue weighted by Crippen LogP contribution is -2.29. The molecule has 3 rings (SSSR count). The molecule has 0 bridgehead atoms. The second-order valence-corrected chi connectivity index (χ2v) is 4.71. The van der Waals surface area contributed by atoms with Gasteiger partial charge in [0.1, 0.15) is 0 Å². The number of hydrogen-bond donors (Lipinski definition) is 0. The molecule has 0 aromatic carbocycles. The molecule has 0 fully saturated rings. The van der Waals surface area contributed by atoms with Crippen LogP contribution in [0.2, 0.25) is 0 Å². The Bertz CT molecular complexity index is 587. The topological polar surface area (TPSA) is 4.93 Å². The summed E-state index contributed by atoms with van der Waals surface area (Å²) < 4.78 is 2.30. The van der Waals surface area contributed by atoms with E-state index in [4.69, 9.17) is 0 Å². The minimum absolute atomic E-state index is 1.17. The summed E-state index contributed by atoms with van der Waals surface area (Å²) in [6.45, 7) is 0. The summed E-state index contributed by atoms with van der Waals surface area (Å²) in [7, 11) is 2.15. The standard InChI is InChI=1S/C13H13NS/c1-14-12-5-3-2-4-10(12)8-13(14)11-6-7-15-9-11/h4-9H,2-3H2,1H3. The van der Waals surface area contributed by atoms with Gasteiger partial charge in [-0.15, -0.1) is 0 Å². The van der Waals surface area contributed by atoms with Gasteiger partial charge in [0.05, 0.1) is 0 Å². The van der Waals surface area contributed by atoms with Gasteiger partial charge < -0.3 is 4.57 Å². The van der Waals surface area contributed by atoms with E-state index in [0.717, 1.165) is 0 Å². The summed E-state index contributed by atoms with van der Waals surface area (Å²) in [6.07, 6.45) is 7.03. The number of fused-ring (bicyclic) bond motifs is 1. The van der Waals surface area contributed by atoms with Gasteiger partial charge in [-0.1, -0.05) is 12.2 Å². The first-order valence-electron chi connectivity index (χ1n) is 5.25. The molecule has 76 valence electrons. The largest absolute Gasteiger partial charge is 0.344 e. The summed E-state index contributed by atoms with van der Waals surface area (Å²) in [5.74, 6) is 0. The number of thiophene rings is 1. The van der Waals surface area contributed by atoms with E-state index in [1.807, 2.05) is 0 Å². The predicted molar refractivity (Wildman–Crippen MR) is 66.1 cm³/mol. The highest BCUT2D eigenvalue weighted by Gasteiger charge is 2.06. The fourth-order valence-corrected chi connectivity index (χ4v) is 2.86. The molecule has 0 amide bonds. The maximum atomic E-state index is 2.34. The highest BCUT2D eigenvalue weighted by molar-refractivity contribution is 7.08. The molecule has 1 nitrogen and oxygen atoms in total. The van der Waals surface area contributed by atoms with E-state index in [1.54, 1.807) is 11.3 Å². The first-order chi connectivity index (χ1) is 7.36. The van der Waals surface area contributed by atoms with Gasteiger partial charge in [-0.05, 0) is 35.6 Å². The number of nitrogens with zero attached hydrogens (tertiary/aromatic N) is 1. The Morgan fingerprint density at radius 1 is 1.27 bits per heavy atom. The molecule has 0 atom stereocenters. The molecule has 0 aliphatic heterocycles. The molecule has 1 aliphatic carbocycles. The summed E-state index contributed by atoms with van der Waals surface area (Å²) in [4.78, 5) is 0. The maximum absolute atomic E-state index is 2.34. The van der Waals surface area contributed by atoms with Crippen molar-refractivity contribution in [1.29, 1.82) is 0 Å². The third-order valence-corrected chi connectivity index (χ3v) is 3.68. The highest BCUT2D eigenvalue weighted by Crippen LogP contribution is 2.19. The van der Waals surface area contributed by atoms with E-state index in [0.29, 0.717) is 0 Å². The fraction of sp³-hybridized carbons (Fsp3) is 0.231. The molecular weight excluding hydrogens is 202 g/mol. The van der Waals surface area contributed by atoms with Crippen LogP contribution in [0.1, 0.15) is 12.8 Å². The van der Waals surface area contributed by atoms with Gasteiger partial charge in [-0.25, -0.2) is 0 Å². The lowest BCUT2D eigenvalue weighted by atomic mass is 10.1. The van der Waals surface area contributed by atoms with Crippen molar-refractivity contribution >= 4 is 23.5 Å². The molecule has 2 heteroatoms. The van der Waals surface area contributed by atoms with Crippen LogP contribution in [0.3, 0.4) is 0 Å². The van der Waals surface area contributed by atoms with Crippen LogP contribution in [0.25, 0.3) is 23.4 Å². The van der Waals surface area contributed by atoms with E-state index in [2.05, 4.69) is 46.7 Å². The van der Waals surface area contributed by atoms with Crippen LogP contribution < -0.4 is 10.6 Å². The van der Waals surface area contributed by atoms with Crippen molar-refractivity contribution in [3.05, 3.63) is 33.5 Å². The Labute approximate surface area is 93.0 Å². The smallest absolute Gasteiger partial charge is 0.0496 e. The molecule has 2 aromatic rings. The molecule has 0 saturated heterocycles.